The van der Waals surface area contributed by atoms with Crippen LogP contribution in [0.25, 0.3) is 0 Å². The minimum absolute atomic E-state index is 0.0616. The maximum absolute atomic E-state index is 13.0. The van der Waals surface area contributed by atoms with Crippen molar-refractivity contribution in [3.05, 3.63) is 76.7 Å². The minimum atomic E-state index is -0.128. The summed E-state index contributed by atoms with van der Waals surface area (Å²) in [4.78, 5) is 15.4. The molecule has 1 saturated heterocycles. The van der Waals surface area contributed by atoms with E-state index in [2.05, 4.69) is 21.4 Å². The van der Waals surface area contributed by atoms with E-state index in [1.807, 2.05) is 44.2 Å². The Balaban J connectivity index is 1.44. The Kier molecular flexibility index (Phi) is 7.29. The molecule has 2 aromatic carbocycles. The van der Waals surface area contributed by atoms with E-state index in [4.69, 9.17) is 14.0 Å². The zero-order chi connectivity index (χ0) is 23.2. The van der Waals surface area contributed by atoms with E-state index >= 15 is 0 Å². The van der Waals surface area contributed by atoms with Crippen LogP contribution in [0.2, 0.25) is 0 Å². The Hall–Kier alpha value is -3.32. The van der Waals surface area contributed by atoms with Crippen molar-refractivity contribution in [1.82, 2.24) is 15.4 Å². The standard InChI is InChI=1S/C26H31N3O4/c1-18-23(19(2)33-28-18)17-32-21-10-8-9-20(15-21)26(30)27-16-24(29-13-6-7-14-29)22-11-4-5-12-25(22)31-3/h4-5,8-12,15,24H,6-7,13-14,16-17H2,1-3H3,(H,27,30). The van der Waals surface area contributed by atoms with Crippen LogP contribution in [0.5, 0.6) is 11.5 Å². The molecule has 0 aliphatic carbocycles. The fourth-order valence-corrected chi connectivity index (χ4v) is 4.31. The second-order valence-electron chi connectivity index (χ2n) is 8.33. The lowest BCUT2D eigenvalue weighted by molar-refractivity contribution is 0.0937. The number of nitrogens with zero attached hydrogens (tertiary/aromatic N) is 2. The van der Waals surface area contributed by atoms with Gasteiger partial charge in [-0.05, 0) is 64.0 Å². The van der Waals surface area contributed by atoms with E-state index in [0.717, 1.165) is 41.4 Å². The fourth-order valence-electron chi connectivity index (χ4n) is 4.31. The van der Waals surface area contributed by atoms with Gasteiger partial charge in [0, 0.05) is 17.7 Å². The number of benzene rings is 2. The third-order valence-electron chi connectivity index (χ3n) is 6.20. The molecule has 3 aromatic rings. The Morgan fingerprint density at radius 2 is 1.94 bits per heavy atom. The molecule has 1 fully saturated rings. The van der Waals surface area contributed by atoms with E-state index in [1.165, 1.54) is 12.8 Å². The van der Waals surface area contributed by atoms with Gasteiger partial charge in [-0.1, -0.05) is 29.4 Å². The second-order valence-corrected chi connectivity index (χ2v) is 8.33. The highest BCUT2D eigenvalue weighted by molar-refractivity contribution is 5.94. The summed E-state index contributed by atoms with van der Waals surface area (Å²) in [5.74, 6) is 2.09. The van der Waals surface area contributed by atoms with Gasteiger partial charge in [0.1, 0.15) is 23.9 Å². The third-order valence-corrected chi connectivity index (χ3v) is 6.20. The molecule has 1 atom stereocenters. The van der Waals surface area contributed by atoms with Crippen molar-refractivity contribution in [2.75, 3.05) is 26.7 Å². The van der Waals surface area contributed by atoms with Crippen molar-refractivity contribution in [1.29, 1.82) is 0 Å². The number of methoxy groups -OCH3 is 1. The third kappa shape index (κ3) is 5.37. The van der Waals surface area contributed by atoms with Crippen molar-refractivity contribution in [3.63, 3.8) is 0 Å². The van der Waals surface area contributed by atoms with Crippen LogP contribution in [0, 0.1) is 13.8 Å². The molecule has 0 bridgehead atoms. The molecule has 1 unspecified atom stereocenters. The summed E-state index contributed by atoms with van der Waals surface area (Å²) in [6.45, 7) is 6.63. The van der Waals surface area contributed by atoms with Crippen LogP contribution in [0.15, 0.2) is 53.1 Å². The summed E-state index contributed by atoms with van der Waals surface area (Å²) < 4.78 is 16.7. The van der Waals surface area contributed by atoms with E-state index < -0.39 is 0 Å². The molecular formula is C26H31N3O4. The number of aryl methyl sites for hydroxylation is 2. The number of nitrogens with one attached hydrogen (secondary N) is 1. The molecule has 2 heterocycles. The summed E-state index contributed by atoms with van der Waals surface area (Å²) in [6, 6.07) is 15.3. The molecule has 1 aliphatic rings. The quantitative estimate of drug-likeness (QED) is 0.520. The average molecular weight is 450 g/mol. The summed E-state index contributed by atoms with van der Waals surface area (Å²) in [5, 5.41) is 7.08. The van der Waals surface area contributed by atoms with E-state index in [-0.39, 0.29) is 11.9 Å². The van der Waals surface area contributed by atoms with Gasteiger partial charge in [-0.25, -0.2) is 0 Å². The molecule has 0 spiro atoms. The van der Waals surface area contributed by atoms with Gasteiger partial charge in [-0.2, -0.15) is 0 Å². The summed E-state index contributed by atoms with van der Waals surface area (Å²) in [6.07, 6.45) is 2.34. The Morgan fingerprint density at radius 3 is 2.67 bits per heavy atom. The summed E-state index contributed by atoms with van der Waals surface area (Å²) >= 11 is 0. The second kappa shape index (κ2) is 10.5. The molecule has 1 aromatic heterocycles. The lowest BCUT2D eigenvalue weighted by Gasteiger charge is -2.29. The molecule has 0 radical (unpaired) electrons. The average Bonchev–Trinajstić information content (AvgIpc) is 3.48. The Morgan fingerprint density at radius 1 is 1.15 bits per heavy atom. The SMILES string of the molecule is COc1ccccc1C(CNC(=O)c1cccc(OCc2c(C)noc2C)c1)N1CCCC1. The topological polar surface area (TPSA) is 76.8 Å². The molecule has 7 nitrogen and oxygen atoms in total. The van der Waals surface area contributed by atoms with Gasteiger partial charge >= 0.3 is 0 Å². The van der Waals surface area contributed by atoms with Crippen molar-refractivity contribution >= 4 is 5.91 Å². The van der Waals surface area contributed by atoms with Gasteiger partial charge in [-0.3, -0.25) is 9.69 Å². The predicted octanol–water partition coefficient (Wildman–Crippen LogP) is 4.45. The number of aromatic nitrogens is 1. The van der Waals surface area contributed by atoms with Crippen LogP contribution < -0.4 is 14.8 Å². The van der Waals surface area contributed by atoms with Gasteiger partial charge in [0.25, 0.3) is 5.91 Å². The molecule has 4 rings (SSSR count). The lowest BCUT2D eigenvalue weighted by Crippen LogP contribution is -2.37. The zero-order valence-corrected chi connectivity index (χ0v) is 19.5. The van der Waals surface area contributed by atoms with Gasteiger partial charge in [0.15, 0.2) is 0 Å². The maximum atomic E-state index is 13.0. The van der Waals surface area contributed by atoms with Crippen molar-refractivity contribution in [3.8, 4) is 11.5 Å². The van der Waals surface area contributed by atoms with Gasteiger partial charge in [-0.15, -0.1) is 0 Å². The van der Waals surface area contributed by atoms with Gasteiger partial charge in [0.05, 0.1) is 24.4 Å². The Bertz CT molecular complexity index is 1070. The highest BCUT2D eigenvalue weighted by atomic mass is 16.5. The normalized spacial score (nSPS) is 14.8. The van der Waals surface area contributed by atoms with E-state index in [9.17, 15) is 4.79 Å². The molecule has 0 saturated carbocycles. The van der Waals surface area contributed by atoms with Crippen LogP contribution in [0.3, 0.4) is 0 Å². The number of amides is 1. The first kappa shape index (κ1) is 22.9. The number of carbonyl (C=O) groups excluding carboxylic acids is 1. The summed E-state index contributed by atoms with van der Waals surface area (Å²) in [7, 11) is 1.69. The van der Waals surface area contributed by atoms with E-state index in [1.54, 1.807) is 19.2 Å². The number of hydrogen-bond donors (Lipinski definition) is 1. The van der Waals surface area contributed by atoms with Crippen molar-refractivity contribution in [2.24, 2.45) is 0 Å². The largest absolute Gasteiger partial charge is 0.496 e. The number of carbonyl (C=O) groups is 1. The summed E-state index contributed by atoms with van der Waals surface area (Å²) in [5.41, 5.74) is 3.39. The lowest BCUT2D eigenvalue weighted by atomic mass is 10.0. The maximum Gasteiger partial charge on any atom is 0.251 e. The number of likely N-dealkylation sites (tertiary alicyclic amines) is 1. The molecule has 174 valence electrons. The van der Waals surface area contributed by atoms with Crippen molar-refractivity contribution in [2.45, 2.75) is 39.3 Å². The Labute approximate surface area is 194 Å². The molecule has 33 heavy (non-hydrogen) atoms. The van der Waals surface area contributed by atoms with Crippen LogP contribution in [0.1, 0.15) is 51.8 Å². The fraction of sp³-hybridized carbons (Fsp3) is 0.385. The first-order valence-corrected chi connectivity index (χ1v) is 11.4. The first-order chi connectivity index (χ1) is 16.1. The van der Waals surface area contributed by atoms with Gasteiger partial charge < -0.3 is 19.3 Å². The zero-order valence-electron chi connectivity index (χ0n) is 19.5. The highest BCUT2D eigenvalue weighted by Gasteiger charge is 2.26. The highest BCUT2D eigenvalue weighted by Crippen LogP contribution is 2.31. The smallest absolute Gasteiger partial charge is 0.251 e. The van der Waals surface area contributed by atoms with Crippen LogP contribution >= 0.6 is 0 Å². The number of ether oxygens (including phenoxy) is 2. The van der Waals surface area contributed by atoms with Crippen molar-refractivity contribution < 1.29 is 18.8 Å². The molecular weight excluding hydrogens is 418 g/mol. The van der Waals surface area contributed by atoms with Crippen LogP contribution in [-0.4, -0.2) is 42.7 Å². The molecule has 7 heteroatoms. The number of hydrogen-bond acceptors (Lipinski definition) is 6. The predicted molar refractivity (Wildman–Crippen MR) is 126 cm³/mol. The minimum Gasteiger partial charge on any atom is -0.496 e. The number of rotatable bonds is 9. The van der Waals surface area contributed by atoms with Crippen LogP contribution in [0.4, 0.5) is 0 Å². The molecule has 1 amide bonds. The first-order valence-electron chi connectivity index (χ1n) is 11.4. The van der Waals surface area contributed by atoms with E-state index in [0.29, 0.717) is 24.5 Å². The molecule has 1 aliphatic heterocycles. The monoisotopic (exact) mass is 449 g/mol. The van der Waals surface area contributed by atoms with Crippen LogP contribution in [-0.2, 0) is 6.61 Å². The number of para-hydroxylation sites is 1. The molecule has 1 N–H and O–H groups in total. The van der Waals surface area contributed by atoms with Gasteiger partial charge in [0.2, 0.25) is 0 Å².